The number of nitrogens with zero attached hydrogens (tertiary/aromatic N) is 1. The highest BCUT2D eigenvalue weighted by molar-refractivity contribution is 5.78. The van der Waals surface area contributed by atoms with Crippen molar-refractivity contribution >= 4 is 5.91 Å². The van der Waals surface area contributed by atoms with Gasteiger partial charge in [0.15, 0.2) is 0 Å². The molecule has 0 fully saturated rings. The summed E-state index contributed by atoms with van der Waals surface area (Å²) in [6.45, 7) is 0.655. The van der Waals surface area contributed by atoms with Crippen LogP contribution in [0.2, 0.25) is 0 Å². The highest BCUT2D eigenvalue weighted by Crippen LogP contribution is 2.23. The summed E-state index contributed by atoms with van der Waals surface area (Å²) >= 11 is 0. The molecule has 0 N–H and O–H groups in total. The maximum absolute atomic E-state index is 12.2. The van der Waals surface area contributed by atoms with Gasteiger partial charge in [-0.3, -0.25) is 4.79 Å². The molecule has 0 saturated carbocycles. The lowest BCUT2D eigenvalue weighted by Gasteiger charge is -2.25. The SMILES string of the molecule is COc1cccc(CCC2=CN(Cc3ccccc3)C(=O)CC2)c1. The zero-order valence-corrected chi connectivity index (χ0v) is 14.1. The molecule has 0 saturated heterocycles. The molecule has 0 bridgehead atoms. The van der Waals surface area contributed by atoms with E-state index in [1.165, 1.54) is 11.1 Å². The molecule has 0 unspecified atom stereocenters. The van der Waals surface area contributed by atoms with E-state index in [0.29, 0.717) is 13.0 Å². The van der Waals surface area contributed by atoms with Gasteiger partial charge in [0.05, 0.1) is 13.7 Å². The molecule has 3 nitrogen and oxygen atoms in total. The largest absolute Gasteiger partial charge is 0.497 e. The second-order valence-corrected chi connectivity index (χ2v) is 6.15. The van der Waals surface area contributed by atoms with E-state index >= 15 is 0 Å². The summed E-state index contributed by atoms with van der Waals surface area (Å²) in [5.74, 6) is 1.11. The molecule has 1 amide bonds. The molecule has 2 aromatic rings. The number of carbonyl (C=O) groups is 1. The zero-order valence-electron chi connectivity index (χ0n) is 14.1. The Labute approximate surface area is 143 Å². The topological polar surface area (TPSA) is 29.5 Å². The van der Waals surface area contributed by atoms with Crippen molar-refractivity contribution in [2.24, 2.45) is 0 Å². The fourth-order valence-corrected chi connectivity index (χ4v) is 3.00. The van der Waals surface area contributed by atoms with E-state index < -0.39 is 0 Å². The summed E-state index contributed by atoms with van der Waals surface area (Å²) < 4.78 is 5.28. The molecule has 0 spiro atoms. The second-order valence-electron chi connectivity index (χ2n) is 6.15. The molecule has 0 atom stereocenters. The lowest BCUT2D eigenvalue weighted by molar-refractivity contribution is -0.129. The van der Waals surface area contributed by atoms with Crippen LogP contribution in [0, 0.1) is 0 Å². The number of aryl methyl sites for hydroxylation is 1. The van der Waals surface area contributed by atoms with Crippen LogP contribution in [0.5, 0.6) is 5.75 Å². The Morgan fingerprint density at radius 1 is 0.958 bits per heavy atom. The Morgan fingerprint density at radius 2 is 1.75 bits per heavy atom. The van der Waals surface area contributed by atoms with Gasteiger partial charge in [-0.2, -0.15) is 0 Å². The molecule has 0 radical (unpaired) electrons. The van der Waals surface area contributed by atoms with E-state index in [9.17, 15) is 4.79 Å². The first-order chi connectivity index (χ1) is 11.7. The fourth-order valence-electron chi connectivity index (χ4n) is 3.00. The monoisotopic (exact) mass is 321 g/mol. The molecule has 0 aliphatic carbocycles. The highest BCUT2D eigenvalue weighted by atomic mass is 16.5. The van der Waals surface area contributed by atoms with Crippen LogP contribution in [-0.2, 0) is 17.8 Å². The van der Waals surface area contributed by atoms with Crippen LogP contribution in [0.25, 0.3) is 0 Å². The fraction of sp³-hybridized carbons (Fsp3) is 0.286. The van der Waals surface area contributed by atoms with Crippen molar-refractivity contribution in [3.05, 3.63) is 77.5 Å². The minimum Gasteiger partial charge on any atom is -0.497 e. The first-order valence-electron chi connectivity index (χ1n) is 8.40. The summed E-state index contributed by atoms with van der Waals surface area (Å²) in [7, 11) is 1.69. The van der Waals surface area contributed by atoms with Crippen LogP contribution in [-0.4, -0.2) is 17.9 Å². The highest BCUT2D eigenvalue weighted by Gasteiger charge is 2.18. The maximum atomic E-state index is 12.2. The number of hydrogen-bond donors (Lipinski definition) is 0. The number of hydrogen-bond acceptors (Lipinski definition) is 2. The predicted molar refractivity (Wildman–Crippen MR) is 95.6 cm³/mol. The average molecular weight is 321 g/mol. The van der Waals surface area contributed by atoms with Gasteiger partial charge >= 0.3 is 0 Å². The summed E-state index contributed by atoms with van der Waals surface area (Å²) in [6.07, 6.45) is 5.48. The molecule has 1 aliphatic heterocycles. The van der Waals surface area contributed by atoms with Gasteiger partial charge in [0.2, 0.25) is 5.91 Å². The second kappa shape index (κ2) is 7.82. The number of allylic oxidation sites excluding steroid dienone is 1. The average Bonchev–Trinajstić information content (AvgIpc) is 2.63. The predicted octanol–water partition coefficient (Wildman–Crippen LogP) is 4.33. The Balaban J connectivity index is 1.64. The number of amides is 1. The Kier molecular flexibility index (Phi) is 5.32. The molecule has 3 heteroatoms. The van der Waals surface area contributed by atoms with Gasteiger partial charge in [-0.25, -0.2) is 0 Å². The minimum atomic E-state index is 0.212. The Bertz CT molecular complexity index is 722. The summed E-state index contributed by atoms with van der Waals surface area (Å²) in [6, 6.07) is 18.3. The molecule has 3 rings (SSSR count). The number of methoxy groups -OCH3 is 1. The lowest BCUT2D eigenvalue weighted by Crippen LogP contribution is -2.28. The van der Waals surface area contributed by atoms with E-state index in [1.54, 1.807) is 7.11 Å². The van der Waals surface area contributed by atoms with Gasteiger partial charge in [0.25, 0.3) is 0 Å². The number of carbonyl (C=O) groups excluding carboxylic acids is 1. The molecule has 124 valence electrons. The molecule has 24 heavy (non-hydrogen) atoms. The van der Waals surface area contributed by atoms with Crippen LogP contribution in [0.3, 0.4) is 0 Å². The summed E-state index contributed by atoms with van der Waals surface area (Å²) in [5, 5.41) is 0. The van der Waals surface area contributed by atoms with Crippen molar-refractivity contribution < 1.29 is 9.53 Å². The summed E-state index contributed by atoms with van der Waals surface area (Å²) in [4.78, 5) is 14.0. The smallest absolute Gasteiger partial charge is 0.227 e. The van der Waals surface area contributed by atoms with Crippen LogP contribution in [0.15, 0.2) is 66.4 Å². The van der Waals surface area contributed by atoms with Crippen LogP contribution >= 0.6 is 0 Å². The maximum Gasteiger partial charge on any atom is 0.227 e. The zero-order chi connectivity index (χ0) is 16.8. The van der Waals surface area contributed by atoms with Crippen molar-refractivity contribution in [2.45, 2.75) is 32.2 Å². The summed E-state index contributed by atoms with van der Waals surface area (Å²) in [5.41, 5.74) is 3.77. The van der Waals surface area contributed by atoms with Gasteiger partial charge in [-0.15, -0.1) is 0 Å². The number of rotatable bonds is 6. The minimum absolute atomic E-state index is 0.212. The Hall–Kier alpha value is -2.55. The molecular weight excluding hydrogens is 298 g/mol. The van der Waals surface area contributed by atoms with Crippen molar-refractivity contribution in [2.75, 3.05) is 7.11 Å². The van der Waals surface area contributed by atoms with Gasteiger partial charge in [0, 0.05) is 12.6 Å². The quantitative estimate of drug-likeness (QED) is 0.792. The first kappa shape index (κ1) is 16.3. The third-order valence-electron chi connectivity index (χ3n) is 4.38. The van der Waals surface area contributed by atoms with Gasteiger partial charge in [-0.05, 0) is 42.5 Å². The van der Waals surface area contributed by atoms with Crippen LogP contribution in [0.1, 0.15) is 30.4 Å². The molecule has 1 aliphatic rings. The standard InChI is InChI=1S/C21H23NO2/c1-24-20-9-5-8-17(14-20)10-11-19-12-13-21(23)22(16-19)15-18-6-3-2-4-7-18/h2-9,14,16H,10-13,15H2,1H3. The van der Waals surface area contributed by atoms with Gasteiger partial charge in [0.1, 0.15) is 5.75 Å². The lowest BCUT2D eigenvalue weighted by atomic mass is 9.98. The first-order valence-corrected chi connectivity index (χ1v) is 8.40. The molecule has 1 heterocycles. The number of ether oxygens (including phenoxy) is 1. The normalized spacial score (nSPS) is 14.5. The van der Waals surface area contributed by atoms with Crippen LogP contribution < -0.4 is 4.74 Å². The van der Waals surface area contributed by atoms with Crippen molar-refractivity contribution in [3.63, 3.8) is 0 Å². The van der Waals surface area contributed by atoms with Crippen molar-refractivity contribution in [3.8, 4) is 5.75 Å². The van der Waals surface area contributed by atoms with Gasteiger partial charge < -0.3 is 9.64 Å². The third-order valence-corrected chi connectivity index (χ3v) is 4.38. The van der Waals surface area contributed by atoms with Gasteiger partial charge in [-0.1, -0.05) is 48.0 Å². The molecule has 2 aromatic carbocycles. The van der Waals surface area contributed by atoms with E-state index in [-0.39, 0.29) is 5.91 Å². The van der Waals surface area contributed by atoms with Crippen molar-refractivity contribution in [1.29, 1.82) is 0 Å². The Morgan fingerprint density at radius 3 is 2.54 bits per heavy atom. The van der Waals surface area contributed by atoms with Crippen molar-refractivity contribution in [1.82, 2.24) is 4.90 Å². The van der Waals surface area contributed by atoms with E-state index in [2.05, 4.69) is 30.5 Å². The van der Waals surface area contributed by atoms with Crippen LogP contribution in [0.4, 0.5) is 0 Å². The molecular formula is C21H23NO2. The van der Waals surface area contributed by atoms with E-state index in [4.69, 9.17) is 4.74 Å². The number of benzene rings is 2. The van der Waals surface area contributed by atoms with E-state index in [1.807, 2.05) is 35.2 Å². The third kappa shape index (κ3) is 4.25. The van der Waals surface area contributed by atoms with E-state index in [0.717, 1.165) is 30.6 Å². The molecule has 0 aromatic heterocycles.